The van der Waals surface area contributed by atoms with Gasteiger partial charge in [-0.25, -0.2) is 4.98 Å². The molecule has 5 nitrogen and oxygen atoms in total. The van der Waals surface area contributed by atoms with Crippen LogP contribution in [0.25, 0.3) is 10.8 Å². The van der Waals surface area contributed by atoms with Crippen molar-refractivity contribution >= 4 is 39.8 Å². The third-order valence-electron chi connectivity index (χ3n) is 5.49. The molecule has 1 aromatic heterocycles. The molecular weight excluding hydrogens is 384 g/mol. The van der Waals surface area contributed by atoms with E-state index in [0.29, 0.717) is 11.7 Å². The Hall–Kier alpha value is -2.63. The maximum Gasteiger partial charge on any atom is 0.238 e. The fraction of sp³-hybridized carbons (Fsp3) is 0.304. The Morgan fingerprint density at radius 2 is 1.72 bits per heavy atom. The molecule has 0 saturated carbocycles. The molecule has 0 radical (unpaired) electrons. The number of hydrogen-bond acceptors (Lipinski definition) is 4. The van der Waals surface area contributed by atoms with Gasteiger partial charge in [-0.05, 0) is 36.4 Å². The minimum atomic E-state index is 0.0303. The molecule has 0 bridgehead atoms. The summed E-state index contributed by atoms with van der Waals surface area (Å²) in [7, 11) is 0. The molecule has 2 heterocycles. The molecule has 1 aliphatic rings. The van der Waals surface area contributed by atoms with Crippen LogP contribution < -0.4 is 10.2 Å². The molecule has 0 unspecified atom stereocenters. The molecule has 29 heavy (non-hydrogen) atoms. The Bertz CT molecular complexity index is 1020. The van der Waals surface area contributed by atoms with Crippen LogP contribution in [0.2, 0.25) is 5.15 Å². The first kappa shape index (κ1) is 19.7. The van der Waals surface area contributed by atoms with Crippen LogP contribution in [-0.2, 0) is 4.79 Å². The second-order valence-corrected chi connectivity index (χ2v) is 7.93. The van der Waals surface area contributed by atoms with Crippen molar-refractivity contribution in [1.29, 1.82) is 0 Å². The number of fused-ring (bicyclic) bond motifs is 1. The number of nitrogens with zero attached hydrogens (tertiary/aromatic N) is 3. The van der Waals surface area contributed by atoms with E-state index in [1.807, 2.05) is 50.2 Å². The summed E-state index contributed by atoms with van der Waals surface area (Å²) in [5.41, 5.74) is 3.09. The summed E-state index contributed by atoms with van der Waals surface area (Å²) in [6.07, 6.45) is 0. The van der Waals surface area contributed by atoms with Gasteiger partial charge in [0, 0.05) is 37.3 Å². The lowest BCUT2D eigenvalue weighted by atomic mass is 10.1. The van der Waals surface area contributed by atoms with E-state index in [-0.39, 0.29) is 5.91 Å². The van der Waals surface area contributed by atoms with Crippen LogP contribution in [0.3, 0.4) is 0 Å². The number of halogens is 1. The predicted molar refractivity (Wildman–Crippen MR) is 120 cm³/mol. The van der Waals surface area contributed by atoms with Gasteiger partial charge in [0.05, 0.1) is 6.54 Å². The van der Waals surface area contributed by atoms with Crippen molar-refractivity contribution in [1.82, 2.24) is 9.88 Å². The van der Waals surface area contributed by atoms with E-state index in [0.717, 1.165) is 59.6 Å². The fourth-order valence-corrected chi connectivity index (χ4v) is 4.09. The van der Waals surface area contributed by atoms with Crippen molar-refractivity contribution in [3.05, 3.63) is 64.8 Å². The molecule has 1 aliphatic heterocycles. The molecule has 2 aromatic carbocycles. The first-order chi connectivity index (χ1) is 14.0. The Balaban J connectivity index is 1.37. The van der Waals surface area contributed by atoms with Crippen molar-refractivity contribution in [2.24, 2.45) is 0 Å². The van der Waals surface area contributed by atoms with Gasteiger partial charge in [-0.3, -0.25) is 9.69 Å². The van der Waals surface area contributed by atoms with Gasteiger partial charge in [-0.15, -0.1) is 0 Å². The fourth-order valence-electron chi connectivity index (χ4n) is 3.83. The summed E-state index contributed by atoms with van der Waals surface area (Å²) in [4.78, 5) is 21.5. The topological polar surface area (TPSA) is 48.5 Å². The van der Waals surface area contributed by atoms with Crippen LogP contribution >= 0.6 is 11.6 Å². The number of anilines is 2. The number of pyridine rings is 1. The van der Waals surface area contributed by atoms with Gasteiger partial charge < -0.3 is 10.2 Å². The summed E-state index contributed by atoms with van der Waals surface area (Å²) in [6, 6.07) is 16.2. The van der Waals surface area contributed by atoms with Crippen LogP contribution in [0, 0.1) is 13.8 Å². The third-order valence-corrected chi connectivity index (χ3v) is 5.78. The van der Waals surface area contributed by atoms with E-state index in [2.05, 4.69) is 32.2 Å². The smallest absolute Gasteiger partial charge is 0.238 e. The highest BCUT2D eigenvalue weighted by atomic mass is 35.5. The number of carbonyl (C=O) groups is 1. The number of para-hydroxylation sites is 1. The number of aromatic nitrogens is 1. The summed E-state index contributed by atoms with van der Waals surface area (Å²) >= 11 is 6.38. The molecule has 0 spiro atoms. The maximum absolute atomic E-state index is 12.5. The zero-order valence-electron chi connectivity index (χ0n) is 16.8. The minimum absolute atomic E-state index is 0.0303. The average Bonchev–Trinajstić information content (AvgIpc) is 2.71. The quantitative estimate of drug-likeness (QED) is 0.655. The van der Waals surface area contributed by atoms with Gasteiger partial charge in [-0.2, -0.15) is 0 Å². The minimum Gasteiger partial charge on any atom is -0.354 e. The molecule has 1 N–H and O–H groups in total. The average molecular weight is 409 g/mol. The summed E-state index contributed by atoms with van der Waals surface area (Å²) in [5.74, 6) is 0.927. The molecule has 6 heteroatoms. The Morgan fingerprint density at radius 3 is 2.45 bits per heavy atom. The number of nitrogens with one attached hydrogen (secondary N) is 1. The Labute approximate surface area is 176 Å². The number of rotatable bonds is 4. The standard InChI is InChI=1S/C23H25ClN4O/c1-16-6-5-7-17(2)22(16)26-21(29)15-27-10-12-28(13-11-27)20-14-18-8-3-4-9-19(18)23(24)25-20/h3-9,14H,10-13,15H2,1-2H3,(H,26,29). The van der Waals surface area contributed by atoms with E-state index in [4.69, 9.17) is 11.6 Å². The van der Waals surface area contributed by atoms with Crippen LogP contribution in [-0.4, -0.2) is 48.5 Å². The second-order valence-electron chi connectivity index (χ2n) is 7.57. The third kappa shape index (κ3) is 4.36. The lowest BCUT2D eigenvalue weighted by Crippen LogP contribution is -2.49. The summed E-state index contributed by atoms with van der Waals surface area (Å²) in [6.45, 7) is 7.69. The van der Waals surface area contributed by atoms with Crippen LogP contribution in [0.5, 0.6) is 0 Å². The molecule has 0 atom stereocenters. The van der Waals surface area contributed by atoms with Crippen LogP contribution in [0.15, 0.2) is 48.5 Å². The largest absolute Gasteiger partial charge is 0.354 e. The first-order valence-corrected chi connectivity index (χ1v) is 10.3. The summed E-state index contributed by atoms with van der Waals surface area (Å²) in [5, 5.41) is 5.68. The van der Waals surface area contributed by atoms with Crippen molar-refractivity contribution < 1.29 is 4.79 Å². The van der Waals surface area contributed by atoms with Gasteiger partial charge in [0.2, 0.25) is 5.91 Å². The lowest BCUT2D eigenvalue weighted by Gasteiger charge is -2.35. The molecular formula is C23H25ClN4O. The lowest BCUT2D eigenvalue weighted by molar-refractivity contribution is -0.117. The Kier molecular flexibility index (Phi) is 5.69. The van der Waals surface area contributed by atoms with Crippen molar-refractivity contribution in [2.75, 3.05) is 42.9 Å². The number of carbonyl (C=O) groups excluding carboxylic acids is 1. The van der Waals surface area contributed by atoms with Crippen LogP contribution in [0.1, 0.15) is 11.1 Å². The number of piperazine rings is 1. The number of hydrogen-bond donors (Lipinski definition) is 1. The number of aryl methyl sites for hydroxylation is 2. The molecule has 1 saturated heterocycles. The normalized spacial score (nSPS) is 14.9. The Morgan fingerprint density at radius 1 is 1.03 bits per heavy atom. The zero-order chi connectivity index (χ0) is 20.4. The molecule has 4 rings (SSSR count). The highest BCUT2D eigenvalue weighted by molar-refractivity contribution is 6.34. The SMILES string of the molecule is Cc1cccc(C)c1NC(=O)CN1CCN(c2cc3ccccc3c(Cl)n2)CC1. The van der Waals surface area contributed by atoms with E-state index >= 15 is 0 Å². The highest BCUT2D eigenvalue weighted by Gasteiger charge is 2.21. The van der Waals surface area contributed by atoms with Gasteiger partial charge in [-0.1, -0.05) is 54.1 Å². The number of benzene rings is 2. The monoisotopic (exact) mass is 408 g/mol. The van der Waals surface area contributed by atoms with E-state index in [9.17, 15) is 4.79 Å². The van der Waals surface area contributed by atoms with Crippen molar-refractivity contribution in [2.45, 2.75) is 13.8 Å². The van der Waals surface area contributed by atoms with E-state index in [1.54, 1.807) is 0 Å². The second kappa shape index (κ2) is 8.39. The van der Waals surface area contributed by atoms with Crippen molar-refractivity contribution in [3.8, 4) is 0 Å². The predicted octanol–water partition coefficient (Wildman–Crippen LogP) is 4.27. The van der Waals surface area contributed by atoms with Gasteiger partial charge in [0.15, 0.2) is 0 Å². The molecule has 0 aliphatic carbocycles. The molecule has 1 amide bonds. The molecule has 150 valence electrons. The zero-order valence-corrected chi connectivity index (χ0v) is 17.5. The van der Waals surface area contributed by atoms with Gasteiger partial charge in [0.25, 0.3) is 0 Å². The van der Waals surface area contributed by atoms with Gasteiger partial charge in [0.1, 0.15) is 11.0 Å². The summed E-state index contributed by atoms with van der Waals surface area (Å²) < 4.78 is 0. The molecule has 3 aromatic rings. The van der Waals surface area contributed by atoms with Gasteiger partial charge >= 0.3 is 0 Å². The first-order valence-electron chi connectivity index (χ1n) is 9.90. The van der Waals surface area contributed by atoms with E-state index < -0.39 is 0 Å². The van der Waals surface area contributed by atoms with Crippen LogP contribution in [0.4, 0.5) is 11.5 Å². The number of amides is 1. The molecule has 1 fully saturated rings. The van der Waals surface area contributed by atoms with Crippen molar-refractivity contribution in [3.63, 3.8) is 0 Å². The maximum atomic E-state index is 12.5. The van der Waals surface area contributed by atoms with E-state index in [1.165, 1.54) is 0 Å². The highest BCUT2D eigenvalue weighted by Crippen LogP contribution is 2.27.